The van der Waals surface area contributed by atoms with Gasteiger partial charge in [-0.15, -0.1) is 0 Å². The van der Waals surface area contributed by atoms with Crippen molar-refractivity contribution in [3.8, 4) is 0 Å². The van der Waals surface area contributed by atoms with Crippen LogP contribution in [-0.4, -0.2) is 5.11 Å². The van der Waals surface area contributed by atoms with Crippen LogP contribution in [0.3, 0.4) is 0 Å². The number of hydrogen-bond acceptors (Lipinski definition) is 1. The van der Waals surface area contributed by atoms with Gasteiger partial charge in [0.15, 0.2) is 0 Å². The van der Waals surface area contributed by atoms with E-state index in [0.29, 0.717) is 24.7 Å². The van der Waals surface area contributed by atoms with Gasteiger partial charge in [-0.05, 0) is 49.3 Å². The van der Waals surface area contributed by atoms with Crippen LogP contribution in [0, 0.1) is 23.5 Å². The van der Waals surface area contributed by atoms with Crippen molar-refractivity contribution in [3.63, 3.8) is 0 Å². The summed E-state index contributed by atoms with van der Waals surface area (Å²) in [6.45, 7) is 4.08. The first-order chi connectivity index (χ1) is 7.90. The summed E-state index contributed by atoms with van der Waals surface area (Å²) in [5, 5.41) is 10.6. The molecular weight excluding hydrogens is 222 g/mol. The summed E-state index contributed by atoms with van der Waals surface area (Å²) < 4.78 is 26.9. The average molecular weight is 240 g/mol. The third kappa shape index (κ3) is 2.49. The van der Waals surface area contributed by atoms with Gasteiger partial charge in [-0.25, -0.2) is 8.78 Å². The Morgan fingerprint density at radius 2 is 1.76 bits per heavy atom. The normalized spacial score (nSPS) is 33.7. The molecule has 0 bridgehead atoms. The molecule has 1 aromatic rings. The third-order valence-electron chi connectivity index (χ3n) is 3.61. The van der Waals surface area contributed by atoms with Crippen molar-refractivity contribution in [1.29, 1.82) is 0 Å². The summed E-state index contributed by atoms with van der Waals surface area (Å²) in [4.78, 5) is 0. The van der Waals surface area contributed by atoms with Gasteiger partial charge in [0.05, 0.1) is 5.60 Å². The lowest BCUT2D eigenvalue weighted by atomic mass is 9.70. The maximum atomic E-state index is 13.7. The highest BCUT2D eigenvalue weighted by molar-refractivity contribution is 5.26. The molecule has 0 heterocycles. The van der Waals surface area contributed by atoms with E-state index in [2.05, 4.69) is 0 Å². The van der Waals surface area contributed by atoms with Crippen LogP contribution in [0.25, 0.3) is 0 Å². The fourth-order valence-corrected chi connectivity index (χ4v) is 3.16. The summed E-state index contributed by atoms with van der Waals surface area (Å²) in [5.41, 5.74) is -1.11. The van der Waals surface area contributed by atoms with E-state index in [4.69, 9.17) is 0 Å². The molecule has 2 atom stereocenters. The van der Waals surface area contributed by atoms with Gasteiger partial charge in [-0.2, -0.15) is 0 Å². The van der Waals surface area contributed by atoms with Crippen LogP contribution in [0.2, 0.25) is 0 Å². The maximum absolute atomic E-state index is 13.7. The predicted molar refractivity (Wildman–Crippen MR) is 62.4 cm³/mol. The van der Waals surface area contributed by atoms with Crippen LogP contribution in [0.1, 0.15) is 38.7 Å². The van der Waals surface area contributed by atoms with Gasteiger partial charge >= 0.3 is 0 Å². The van der Waals surface area contributed by atoms with E-state index in [0.717, 1.165) is 24.6 Å². The molecule has 1 aliphatic carbocycles. The van der Waals surface area contributed by atoms with Gasteiger partial charge in [0.1, 0.15) is 11.6 Å². The molecule has 2 unspecified atom stereocenters. The molecule has 0 aromatic heterocycles. The molecule has 0 spiro atoms. The summed E-state index contributed by atoms with van der Waals surface area (Å²) in [7, 11) is 0. The smallest absolute Gasteiger partial charge is 0.129 e. The summed E-state index contributed by atoms with van der Waals surface area (Å²) in [6.07, 6.45) is 2.02. The minimum Gasteiger partial charge on any atom is -0.385 e. The zero-order valence-electron chi connectivity index (χ0n) is 10.2. The Balaban J connectivity index is 2.39. The van der Waals surface area contributed by atoms with E-state index in [9.17, 15) is 13.9 Å². The highest BCUT2D eigenvalue weighted by atomic mass is 19.1. The van der Waals surface area contributed by atoms with Crippen molar-refractivity contribution in [3.05, 3.63) is 35.4 Å². The number of aliphatic hydroxyl groups is 1. The summed E-state index contributed by atoms with van der Waals surface area (Å²) in [5.74, 6) is -0.367. The van der Waals surface area contributed by atoms with Crippen LogP contribution < -0.4 is 0 Å². The molecular formula is C14H18F2O. The molecule has 0 amide bonds. The van der Waals surface area contributed by atoms with Crippen molar-refractivity contribution in [2.24, 2.45) is 11.8 Å². The van der Waals surface area contributed by atoms with Gasteiger partial charge in [0, 0.05) is 5.56 Å². The second-order valence-corrected chi connectivity index (χ2v) is 5.51. The van der Waals surface area contributed by atoms with Crippen LogP contribution in [0.15, 0.2) is 18.2 Å². The first-order valence-corrected chi connectivity index (χ1v) is 6.08. The molecule has 1 aliphatic rings. The molecule has 3 heteroatoms. The zero-order chi connectivity index (χ0) is 12.6. The van der Waals surface area contributed by atoms with Crippen LogP contribution in [0.4, 0.5) is 8.78 Å². The molecule has 0 aliphatic heterocycles. The maximum Gasteiger partial charge on any atom is 0.129 e. The Hall–Kier alpha value is -0.960. The number of benzene rings is 1. The third-order valence-corrected chi connectivity index (χ3v) is 3.61. The molecule has 94 valence electrons. The van der Waals surface area contributed by atoms with Gasteiger partial charge in [-0.3, -0.25) is 0 Å². The van der Waals surface area contributed by atoms with Crippen molar-refractivity contribution in [2.45, 2.75) is 38.7 Å². The van der Waals surface area contributed by atoms with Gasteiger partial charge in [0.25, 0.3) is 0 Å². The lowest BCUT2D eigenvalue weighted by molar-refractivity contribution is -0.0390. The predicted octanol–water partition coefficient (Wildman–Crippen LogP) is 3.61. The van der Waals surface area contributed by atoms with Gasteiger partial charge < -0.3 is 5.11 Å². The van der Waals surface area contributed by atoms with Crippen molar-refractivity contribution < 1.29 is 13.9 Å². The van der Waals surface area contributed by atoms with E-state index in [-0.39, 0.29) is 5.56 Å². The molecule has 17 heavy (non-hydrogen) atoms. The Morgan fingerprint density at radius 1 is 1.18 bits per heavy atom. The summed E-state index contributed by atoms with van der Waals surface area (Å²) in [6, 6.07) is 3.30. The molecule has 1 saturated carbocycles. The Morgan fingerprint density at radius 3 is 2.35 bits per heavy atom. The minimum atomic E-state index is -1.22. The van der Waals surface area contributed by atoms with Crippen LogP contribution >= 0.6 is 0 Å². The Kier molecular flexibility index (Phi) is 3.21. The monoisotopic (exact) mass is 240 g/mol. The van der Waals surface area contributed by atoms with Crippen molar-refractivity contribution in [2.75, 3.05) is 0 Å². The second-order valence-electron chi connectivity index (χ2n) is 5.51. The largest absolute Gasteiger partial charge is 0.385 e. The second kappa shape index (κ2) is 4.37. The average Bonchev–Trinajstić information content (AvgIpc) is 2.19. The first-order valence-electron chi connectivity index (χ1n) is 6.08. The van der Waals surface area contributed by atoms with Gasteiger partial charge in [0.2, 0.25) is 0 Å². The highest BCUT2D eigenvalue weighted by Gasteiger charge is 2.39. The lowest BCUT2D eigenvalue weighted by Crippen LogP contribution is -2.36. The fourth-order valence-electron chi connectivity index (χ4n) is 3.16. The Bertz CT molecular complexity index is 407. The highest BCUT2D eigenvalue weighted by Crippen LogP contribution is 2.43. The lowest BCUT2D eigenvalue weighted by Gasteiger charge is -2.39. The molecule has 0 saturated heterocycles. The quantitative estimate of drug-likeness (QED) is 0.795. The summed E-state index contributed by atoms with van der Waals surface area (Å²) >= 11 is 0. The molecule has 2 rings (SSSR count). The Labute approximate surface area is 100 Å². The minimum absolute atomic E-state index is 0.107. The molecule has 1 aromatic carbocycles. The first kappa shape index (κ1) is 12.5. The molecule has 1 N–H and O–H groups in total. The van der Waals surface area contributed by atoms with E-state index in [1.54, 1.807) is 0 Å². The molecule has 0 radical (unpaired) electrons. The number of hydrogen-bond donors (Lipinski definition) is 1. The zero-order valence-corrected chi connectivity index (χ0v) is 10.2. The van der Waals surface area contributed by atoms with Crippen LogP contribution in [0.5, 0.6) is 0 Å². The van der Waals surface area contributed by atoms with Crippen molar-refractivity contribution in [1.82, 2.24) is 0 Å². The topological polar surface area (TPSA) is 20.2 Å². The van der Waals surface area contributed by atoms with E-state index in [1.165, 1.54) is 0 Å². The van der Waals surface area contributed by atoms with Crippen molar-refractivity contribution >= 4 is 0 Å². The molecule has 1 nitrogen and oxygen atoms in total. The SMILES string of the molecule is CC1CC(C)CC(O)(c2cc(F)ccc2F)C1. The molecule has 1 fully saturated rings. The van der Waals surface area contributed by atoms with E-state index in [1.807, 2.05) is 13.8 Å². The standard InChI is InChI=1S/C14H18F2O/c1-9-5-10(2)8-14(17,7-9)12-6-11(15)3-4-13(12)16/h3-4,6,9-10,17H,5,7-8H2,1-2H3. The number of halogens is 2. The van der Waals surface area contributed by atoms with Crippen LogP contribution in [-0.2, 0) is 5.60 Å². The fraction of sp³-hybridized carbons (Fsp3) is 0.571. The van der Waals surface area contributed by atoms with E-state index < -0.39 is 17.2 Å². The van der Waals surface area contributed by atoms with Gasteiger partial charge in [-0.1, -0.05) is 13.8 Å². The number of rotatable bonds is 1. The van der Waals surface area contributed by atoms with E-state index >= 15 is 0 Å².